The molecule has 2 aromatic rings. The number of amides is 1. The van der Waals surface area contributed by atoms with Gasteiger partial charge in [0, 0.05) is 19.5 Å². The highest BCUT2D eigenvalue weighted by atomic mass is 16.1. The summed E-state index contributed by atoms with van der Waals surface area (Å²) in [5.74, 6) is -0.0298. The Hall–Kier alpha value is -2.21. The summed E-state index contributed by atoms with van der Waals surface area (Å²) in [6.45, 7) is 0.882. The van der Waals surface area contributed by atoms with E-state index in [2.05, 4.69) is 15.4 Å². The molecule has 3 N–H and O–H groups in total. The first kappa shape index (κ1) is 12.3. The third-order valence-electron chi connectivity index (χ3n) is 2.48. The molecule has 6 heteroatoms. The number of carbonyl (C=O) groups excluding carboxylic acids is 1. The Morgan fingerprint density at radius 1 is 1.33 bits per heavy atom. The van der Waals surface area contributed by atoms with E-state index in [1.54, 1.807) is 11.0 Å². The minimum atomic E-state index is -0.0298. The molecule has 0 unspecified atom stereocenters. The Kier molecular flexibility index (Phi) is 4.03. The molecule has 0 aliphatic heterocycles. The number of carbonyl (C=O) groups is 1. The Balaban J connectivity index is 1.94. The van der Waals surface area contributed by atoms with Gasteiger partial charge in [0.15, 0.2) is 0 Å². The molecule has 0 saturated heterocycles. The van der Waals surface area contributed by atoms with Gasteiger partial charge in [-0.25, -0.2) is 9.67 Å². The molecule has 1 amide bonds. The number of benzene rings is 1. The summed E-state index contributed by atoms with van der Waals surface area (Å²) in [6, 6.07) is 7.75. The second-order valence-corrected chi connectivity index (χ2v) is 3.82. The van der Waals surface area contributed by atoms with Crippen LogP contribution in [0.25, 0.3) is 5.69 Å². The Labute approximate surface area is 105 Å². The van der Waals surface area contributed by atoms with Crippen molar-refractivity contribution in [2.45, 2.75) is 13.0 Å². The van der Waals surface area contributed by atoms with Crippen LogP contribution >= 0.6 is 0 Å². The molecule has 0 spiro atoms. The minimum Gasteiger partial charge on any atom is -0.352 e. The highest BCUT2D eigenvalue weighted by Gasteiger charge is 2.00. The van der Waals surface area contributed by atoms with Gasteiger partial charge in [0.25, 0.3) is 0 Å². The van der Waals surface area contributed by atoms with Gasteiger partial charge in [0.2, 0.25) is 5.91 Å². The summed E-state index contributed by atoms with van der Waals surface area (Å²) in [7, 11) is 0. The van der Waals surface area contributed by atoms with E-state index in [-0.39, 0.29) is 5.91 Å². The van der Waals surface area contributed by atoms with Gasteiger partial charge in [-0.05, 0) is 17.7 Å². The number of nitrogens with zero attached hydrogens (tertiary/aromatic N) is 3. The topological polar surface area (TPSA) is 85.8 Å². The molecule has 0 fully saturated rings. The SMILES string of the molecule is NCCC(=O)NCc1ccc(-n2cncn2)cc1. The van der Waals surface area contributed by atoms with Crippen LogP contribution in [0.15, 0.2) is 36.9 Å². The van der Waals surface area contributed by atoms with Crippen LogP contribution in [0.5, 0.6) is 0 Å². The van der Waals surface area contributed by atoms with Gasteiger partial charge < -0.3 is 11.1 Å². The van der Waals surface area contributed by atoms with Gasteiger partial charge >= 0.3 is 0 Å². The van der Waals surface area contributed by atoms with E-state index in [9.17, 15) is 4.79 Å². The molecule has 0 aliphatic carbocycles. The van der Waals surface area contributed by atoms with E-state index in [1.807, 2.05) is 24.3 Å². The third kappa shape index (κ3) is 3.14. The number of aromatic nitrogens is 3. The van der Waals surface area contributed by atoms with Crippen molar-refractivity contribution >= 4 is 5.91 Å². The molecule has 1 aromatic carbocycles. The lowest BCUT2D eigenvalue weighted by molar-refractivity contribution is -0.121. The number of hydrogen-bond donors (Lipinski definition) is 2. The van der Waals surface area contributed by atoms with E-state index >= 15 is 0 Å². The van der Waals surface area contributed by atoms with Crippen LogP contribution in [0, 0.1) is 0 Å². The molecule has 0 saturated carbocycles. The van der Waals surface area contributed by atoms with Crippen molar-refractivity contribution in [3.8, 4) is 5.69 Å². The summed E-state index contributed by atoms with van der Waals surface area (Å²) < 4.78 is 1.68. The molecule has 1 aromatic heterocycles. The van der Waals surface area contributed by atoms with E-state index in [0.717, 1.165) is 11.3 Å². The van der Waals surface area contributed by atoms with E-state index in [1.165, 1.54) is 6.33 Å². The van der Waals surface area contributed by atoms with Gasteiger partial charge in [-0.2, -0.15) is 5.10 Å². The van der Waals surface area contributed by atoms with E-state index in [4.69, 9.17) is 5.73 Å². The van der Waals surface area contributed by atoms with Crippen molar-refractivity contribution < 1.29 is 4.79 Å². The average Bonchev–Trinajstić information content (AvgIpc) is 2.91. The van der Waals surface area contributed by atoms with Crippen LogP contribution in [0.2, 0.25) is 0 Å². The lowest BCUT2D eigenvalue weighted by Gasteiger charge is -2.05. The molecule has 0 radical (unpaired) electrons. The normalized spacial score (nSPS) is 10.3. The van der Waals surface area contributed by atoms with Crippen molar-refractivity contribution in [2.24, 2.45) is 5.73 Å². The zero-order chi connectivity index (χ0) is 12.8. The molecule has 0 atom stereocenters. The largest absolute Gasteiger partial charge is 0.352 e. The molecule has 0 bridgehead atoms. The highest BCUT2D eigenvalue weighted by Crippen LogP contribution is 2.07. The fourth-order valence-electron chi connectivity index (χ4n) is 1.53. The Morgan fingerprint density at radius 3 is 2.72 bits per heavy atom. The molecule has 18 heavy (non-hydrogen) atoms. The summed E-state index contributed by atoms with van der Waals surface area (Å²) in [5, 5.41) is 6.84. The average molecular weight is 245 g/mol. The Bertz CT molecular complexity index is 492. The predicted molar refractivity (Wildman–Crippen MR) is 66.9 cm³/mol. The molecule has 6 nitrogen and oxygen atoms in total. The van der Waals surface area contributed by atoms with Crippen molar-refractivity contribution in [2.75, 3.05) is 6.54 Å². The van der Waals surface area contributed by atoms with Crippen LogP contribution in [-0.2, 0) is 11.3 Å². The van der Waals surface area contributed by atoms with Gasteiger partial charge in [-0.1, -0.05) is 12.1 Å². The maximum absolute atomic E-state index is 11.3. The zero-order valence-electron chi connectivity index (χ0n) is 9.91. The maximum Gasteiger partial charge on any atom is 0.221 e. The number of hydrogen-bond acceptors (Lipinski definition) is 4. The Morgan fingerprint density at radius 2 is 2.11 bits per heavy atom. The van der Waals surface area contributed by atoms with Crippen molar-refractivity contribution in [3.63, 3.8) is 0 Å². The maximum atomic E-state index is 11.3. The molecule has 94 valence electrons. The summed E-state index contributed by atoms with van der Waals surface area (Å²) in [4.78, 5) is 15.1. The lowest BCUT2D eigenvalue weighted by atomic mass is 10.2. The lowest BCUT2D eigenvalue weighted by Crippen LogP contribution is -2.24. The van der Waals surface area contributed by atoms with Gasteiger partial charge in [0.1, 0.15) is 12.7 Å². The van der Waals surface area contributed by atoms with Crippen molar-refractivity contribution in [3.05, 3.63) is 42.5 Å². The number of nitrogens with one attached hydrogen (secondary N) is 1. The van der Waals surface area contributed by atoms with Crippen molar-refractivity contribution in [1.29, 1.82) is 0 Å². The second-order valence-electron chi connectivity index (χ2n) is 3.82. The first-order chi connectivity index (χ1) is 8.79. The number of nitrogens with two attached hydrogens (primary N) is 1. The highest BCUT2D eigenvalue weighted by molar-refractivity contribution is 5.76. The summed E-state index contributed by atoms with van der Waals surface area (Å²) in [5.41, 5.74) is 7.26. The zero-order valence-corrected chi connectivity index (χ0v) is 9.91. The minimum absolute atomic E-state index is 0.0298. The van der Waals surface area contributed by atoms with Crippen LogP contribution < -0.4 is 11.1 Å². The van der Waals surface area contributed by atoms with Crippen LogP contribution in [0.4, 0.5) is 0 Å². The fourth-order valence-corrected chi connectivity index (χ4v) is 1.53. The molecule has 0 aliphatic rings. The molecular formula is C12H15N5O. The molecule has 2 rings (SSSR count). The third-order valence-corrected chi connectivity index (χ3v) is 2.48. The smallest absolute Gasteiger partial charge is 0.221 e. The summed E-state index contributed by atoms with van der Waals surface area (Å²) in [6.07, 6.45) is 3.48. The standard InChI is InChI=1S/C12H15N5O/c13-6-5-12(18)15-7-10-1-3-11(4-2-10)17-9-14-8-16-17/h1-4,8-9H,5-7,13H2,(H,15,18). The monoisotopic (exact) mass is 245 g/mol. The molecule has 1 heterocycles. The van der Waals surface area contributed by atoms with E-state index < -0.39 is 0 Å². The van der Waals surface area contributed by atoms with Gasteiger partial charge in [-0.15, -0.1) is 0 Å². The molecular weight excluding hydrogens is 230 g/mol. The van der Waals surface area contributed by atoms with Gasteiger partial charge in [-0.3, -0.25) is 4.79 Å². The first-order valence-corrected chi connectivity index (χ1v) is 5.70. The predicted octanol–water partition coefficient (Wildman–Crippen LogP) is 0.232. The second kappa shape index (κ2) is 5.92. The number of rotatable bonds is 5. The van der Waals surface area contributed by atoms with Crippen LogP contribution in [-0.4, -0.2) is 27.2 Å². The van der Waals surface area contributed by atoms with E-state index in [0.29, 0.717) is 19.5 Å². The van der Waals surface area contributed by atoms with Gasteiger partial charge in [0.05, 0.1) is 5.69 Å². The van der Waals surface area contributed by atoms with Crippen LogP contribution in [0.1, 0.15) is 12.0 Å². The van der Waals surface area contributed by atoms with Crippen LogP contribution in [0.3, 0.4) is 0 Å². The van der Waals surface area contributed by atoms with Crippen molar-refractivity contribution in [1.82, 2.24) is 20.1 Å². The summed E-state index contributed by atoms with van der Waals surface area (Å²) >= 11 is 0. The first-order valence-electron chi connectivity index (χ1n) is 5.70. The fraction of sp³-hybridized carbons (Fsp3) is 0.250. The quantitative estimate of drug-likeness (QED) is 0.789.